The Bertz CT molecular complexity index is 1230. The molecule has 0 saturated heterocycles. The zero-order chi connectivity index (χ0) is 27.1. The van der Waals surface area contributed by atoms with Crippen LogP contribution in [-0.2, 0) is 19.3 Å². The molecule has 0 unspecified atom stereocenters. The topological polar surface area (TPSA) is 118 Å². The van der Waals surface area contributed by atoms with Crippen LogP contribution in [0.5, 0.6) is 17.2 Å². The molecular weight excluding hydrogens is 583 g/mol. The molecule has 0 radical (unpaired) electrons. The molecule has 0 N–H and O–H groups in total. The summed E-state index contributed by atoms with van der Waals surface area (Å²) in [6.07, 6.45) is 3.46. The molecule has 0 fully saturated rings. The van der Waals surface area contributed by atoms with E-state index < -0.39 is 39.0 Å². The normalized spacial score (nSPS) is 10.9. The van der Waals surface area contributed by atoms with Crippen molar-refractivity contribution in [3.63, 3.8) is 0 Å². The summed E-state index contributed by atoms with van der Waals surface area (Å²) in [7, 11) is 0. The Morgan fingerprint density at radius 1 is 0.568 bits per heavy atom. The third kappa shape index (κ3) is 7.34. The summed E-state index contributed by atoms with van der Waals surface area (Å²) in [4.78, 5) is 38.7. The number of aryl methyl sites for hydroxylation is 6. The standard InChI is InChI=1S/3C9H12O3.In/c3*1-3-4-8-9(11)7(10)5-6(2)12-8;/h3*5,11H,3-4H2,1-2H3;/q;;;+3/p-3. The van der Waals surface area contributed by atoms with Gasteiger partial charge in [-0.3, -0.25) is 0 Å². The van der Waals surface area contributed by atoms with E-state index in [0.717, 1.165) is 0 Å². The van der Waals surface area contributed by atoms with Crippen LogP contribution >= 0.6 is 0 Å². The maximum absolute atomic E-state index is 12.9. The molecular formula is C27H33InO9. The second-order valence-electron chi connectivity index (χ2n) is 8.81. The molecule has 0 saturated carbocycles. The van der Waals surface area contributed by atoms with Gasteiger partial charge in [-0.05, 0) is 0 Å². The molecule has 0 aliphatic rings. The second kappa shape index (κ2) is 13.1. The molecule has 37 heavy (non-hydrogen) atoms. The van der Waals surface area contributed by atoms with E-state index in [-0.39, 0.29) is 17.2 Å². The van der Waals surface area contributed by atoms with Crippen LogP contribution in [0.3, 0.4) is 0 Å². The Hall–Kier alpha value is -2.88. The van der Waals surface area contributed by atoms with Gasteiger partial charge in [0, 0.05) is 0 Å². The molecule has 3 heterocycles. The fraction of sp³-hybridized carbons (Fsp3) is 0.444. The monoisotopic (exact) mass is 616 g/mol. The Kier molecular flexibility index (Phi) is 10.1. The van der Waals surface area contributed by atoms with Crippen molar-refractivity contribution in [2.24, 2.45) is 0 Å². The first-order valence-corrected chi connectivity index (χ1v) is 16.6. The molecule has 10 heteroatoms. The fourth-order valence-electron chi connectivity index (χ4n) is 3.88. The summed E-state index contributed by atoms with van der Waals surface area (Å²) in [5.41, 5.74) is -1.18. The summed E-state index contributed by atoms with van der Waals surface area (Å²) >= 11 is -4.40. The summed E-state index contributed by atoms with van der Waals surface area (Å²) in [5, 5.41) is 0. The molecule has 0 aromatic carbocycles. The van der Waals surface area contributed by atoms with Crippen molar-refractivity contribution in [2.75, 3.05) is 0 Å². The number of hydrogen-bond donors (Lipinski definition) is 0. The number of rotatable bonds is 12. The average Bonchev–Trinajstić information content (AvgIpc) is 2.80. The Morgan fingerprint density at radius 2 is 0.838 bits per heavy atom. The van der Waals surface area contributed by atoms with Crippen LogP contribution < -0.4 is 24.8 Å². The quantitative estimate of drug-likeness (QED) is 0.282. The minimum atomic E-state index is -4.40. The first kappa shape index (κ1) is 28.7. The fourth-order valence-corrected chi connectivity index (χ4v) is 8.06. The summed E-state index contributed by atoms with van der Waals surface area (Å²) < 4.78 is 35.7. The average molecular weight is 616 g/mol. The van der Waals surface area contributed by atoms with Gasteiger partial charge in [0.15, 0.2) is 0 Å². The van der Waals surface area contributed by atoms with Gasteiger partial charge in [0.25, 0.3) is 0 Å². The van der Waals surface area contributed by atoms with E-state index >= 15 is 0 Å². The summed E-state index contributed by atoms with van der Waals surface area (Å²) in [6, 6.07) is 3.97. The van der Waals surface area contributed by atoms with Gasteiger partial charge in [0.05, 0.1) is 0 Å². The molecule has 0 aliphatic carbocycles. The zero-order valence-electron chi connectivity index (χ0n) is 22.2. The predicted octanol–water partition coefficient (Wildman–Crippen LogP) is 4.85. The molecule has 0 atom stereocenters. The maximum atomic E-state index is 12.9. The zero-order valence-corrected chi connectivity index (χ0v) is 25.5. The Morgan fingerprint density at radius 3 is 1.08 bits per heavy atom. The van der Waals surface area contributed by atoms with Crippen LogP contribution in [-0.4, -0.2) is 22.7 Å². The van der Waals surface area contributed by atoms with Crippen LogP contribution in [0.2, 0.25) is 0 Å². The van der Waals surface area contributed by atoms with Gasteiger partial charge in [-0.25, -0.2) is 0 Å². The van der Waals surface area contributed by atoms with E-state index in [1.165, 1.54) is 18.2 Å². The molecule has 9 nitrogen and oxygen atoms in total. The van der Waals surface area contributed by atoms with Crippen LogP contribution in [0.4, 0.5) is 0 Å². The van der Waals surface area contributed by atoms with Crippen molar-refractivity contribution >= 4 is 22.7 Å². The van der Waals surface area contributed by atoms with Gasteiger partial charge >= 0.3 is 225 Å². The van der Waals surface area contributed by atoms with Crippen molar-refractivity contribution in [3.8, 4) is 17.2 Å². The van der Waals surface area contributed by atoms with Crippen molar-refractivity contribution in [1.29, 1.82) is 0 Å². The molecule has 198 valence electrons. The molecule has 0 aliphatic heterocycles. The minimum absolute atomic E-state index is 0.0321. The third-order valence-corrected chi connectivity index (χ3v) is 9.03. The van der Waals surface area contributed by atoms with E-state index in [0.29, 0.717) is 73.1 Å². The molecule has 3 aromatic heterocycles. The van der Waals surface area contributed by atoms with Crippen molar-refractivity contribution in [3.05, 3.63) is 83.4 Å². The van der Waals surface area contributed by atoms with Crippen LogP contribution in [0.25, 0.3) is 0 Å². The van der Waals surface area contributed by atoms with Gasteiger partial charge in [-0.2, -0.15) is 0 Å². The Balaban J connectivity index is 2.14. The van der Waals surface area contributed by atoms with Crippen molar-refractivity contribution in [2.45, 2.75) is 80.1 Å². The van der Waals surface area contributed by atoms with E-state index in [4.69, 9.17) is 21.8 Å². The first-order valence-electron chi connectivity index (χ1n) is 12.6. The first-order chi connectivity index (χ1) is 17.7. The van der Waals surface area contributed by atoms with Crippen LogP contribution in [0.15, 0.2) is 45.8 Å². The summed E-state index contributed by atoms with van der Waals surface area (Å²) in [5.74, 6) is 2.32. The van der Waals surface area contributed by atoms with Gasteiger partial charge in [0.2, 0.25) is 0 Å². The molecule has 0 spiro atoms. The van der Waals surface area contributed by atoms with Crippen molar-refractivity contribution < 1.29 is 21.8 Å². The van der Waals surface area contributed by atoms with Gasteiger partial charge in [-0.15, -0.1) is 0 Å². The predicted molar refractivity (Wildman–Crippen MR) is 139 cm³/mol. The molecule has 3 aromatic rings. The molecule has 0 bridgehead atoms. The van der Waals surface area contributed by atoms with E-state index in [2.05, 4.69) is 0 Å². The third-order valence-electron chi connectivity index (χ3n) is 5.36. The van der Waals surface area contributed by atoms with Gasteiger partial charge < -0.3 is 0 Å². The second-order valence-corrected chi connectivity index (χ2v) is 12.5. The molecule has 0 amide bonds. The van der Waals surface area contributed by atoms with E-state index in [1.807, 2.05) is 20.8 Å². The van der Waals surface area contributed by atoms with Gasteiger partial charge in [-0.1, -0.05) is 0 Å². The number of hydrogen-bond acceptors (Lipinski definition) is 9. The Labute approximate surface area is 224 Å². The van der Waals surface area contributed by atoms with Gasteiger partial charge in [0.1, 0.15) is 0 Å². The molecule has 3 rings (SSSR count). The van der Waals surface area contributed by atoms with E-state index in [9.17, 15) is 14.4 Å². The SMILES string of the molecule is CCCc1oc(C)cc(=O)c1[O][In]([O]c1c(CCC)oc(C)cc1=O)[O]c1c(CCC)oc(C)cc1=O. The van der Waals surface area contributed by atoms with E-state index in [1.54, 1.807) is 20.8 Å². The van der Waals surface area contributed by atoms with Crippen LogP contribution in [0.1, 0.15) is 74.6 Å². The van der Waals surface area contributed by atoms with Crippen LogP contribution in [0, 0.1) is 20.8 Å². The summed E-state index contributed by atoms with van der Waals surface area (Å²) in [6.45, 7) is 10.9. The van der Waals surface area contributed by atoms with Crippen molar-refractivity contribution in [1.82, 2.24) is 0 Å².